The van der Waals surface area contributed by atoms with Crippen LogP contribution >= 0.6 is 0 Å². The number of carbonyl (C=O) groups is 1. The number of hydrogen-bond donors (Lipinski definition) is 2. The summed E-state index contributed by atoms with van der Waals surface area (Å²) < 4.78 is 0. The van der Waals surface area contributed by atoms with Crippen LogP contribution in [-0.2, 0) is 0 Å². The van der Waals surface area contributed by atoms with Crippen LogP contribution in [-0.4, -0.2) is 28.6 Å². The highest BCUT2D eigenvalue weighted by Crippen LogP contribution is 2.26. The van der Waals surface area contributed by atoms with E-state index < -0.39 is 0 Å². The highest BCUT2D eigenvalue weighted by Gasteiger charge is 2.22. The lowest BCUT2D eigenvalue weighted by atomic mass is 9.84. The molecule has 0 radical (unpaired) electrons. The summed E-state index contributed by atoms with van der Waals surface area (Å²) in [4.78, 5) is 16.3. The molecule has 1 aliphatic carbocycles. The Hall–Kier alpha value is -1.86. The third kappa shape index (κ3) is 4.57. The lowest BCUT2D eigenvalue weighted by Gasteiger charge is -2.28. The number of aromatic nitrogens is 1. The van der Waals surface area contributed by atoms with E-state index in [1.165, 1.54) is 32.1 Å². The number of pyridine rings is 1. The second kappa shape index (κ2) is 7.80. The first-order valence-electron chi connectivity index (χ1n) is 7.57. The molecule has 4 heteroatoms. The summed E-state index contributed by atoms with van der Waals surface area (Å²) in [7, 11) is 0. The Kier molecular flexibility index (Phi) is 5.77. The molecule has 0 spiro atoms. The van der Waals surface area contributed by atoms with E-state index in [0.717, 1.165) is 0 Å². The van der Waals surface area contributed by atoms with E-state index in [1.54, 1.807) is 18.3 Å². The van der Waals surface area contributed by atoms with Crippen molar-refractivity contribution in [2.75, 3.05) is 6.61 Å². The Bertz CT molecular complexity index is 522. The Balaban J connectivity index is 1.93. The Labute approximate surface area is 126 Å². The molecule has 0 aromatic carbocycles. The zero-order chi connectivity index (χ0) is 15.1. The fraction of sp³-hybridized carbons (Fsp3) is 0.529. The summed E-state index contributed by atoms with van der Waals surface area (Å²) >= 11 is 0. The van der Waals surface area contributed by atoms with Gasteiger partial charge in [-0.25, -0.2) is 4.98 Å². The Morgan fingerprint density at radius 3 is 2.81 bits per heavy atom. The second-order valence-electron chi connectivity index (χ2n) is 5.55. The summed E-state index contributed by atoms with van der Waals surface area (Å²) in [6.45, 7) is 1.90. The Morgan fingerprint density at radius 1 is 1.43 bits per heavy atom. The molecule has 1 aliphatic rings. The molecule has 1 aromatic rings. The number of amides is 1. The zero-order valence-corrected chi connectivity index (χ0v) is 12.4. The van der Waals surface area contributed by atoms with E-state index in [9.17, 15) is 4.79 Å². The first-order chi connectivity index (χ1) is 10.2. The summed E-state index contributed by atoms with van der Waals surface area (Å²) in [5.41, 5.74) is 1.10. The smallest absolute Gasteiger partial charge is 0.270 e. The van der Waals surface area contributed by atoms with Gasteiger partial charge >= 0.3 is 0 Å². The minimum atomic E-state index is -0.179. The van der Waals surface area contributed by atoms with E-state index >= 15 is 0 Å². The predicted molar refractivity (Wildman–Crippen MR) is 81.7 cm³/mol. The number of aliphatic hydroxyl groups excluding tert-OH is 1. The van der Waals surface area contributed by atoms with Crippen molar-refractivity contribution in [3.05, 3.63) is 29.6 Å². The number of aliphatic hydroxyl groups is 1. The molecule has 4 nitrogen and oxygen atoms in total. The van der Waals surface area contributed by atoms with Crippen LogP contribution in [0.25, 0.3) is 0 Å². The van der Waals surface area contributed by atoms with Gasteiger partial charge in [0.05, 0.1) is 0 Å². The molecule has 1 aromatic heterocycles. The average Bonchev–Trinajstić information content (AvgIpc) is 2.54. The largest absolute Gasteiger partial charge is 0.384 e. The van der Waals surface area contributed by atoms with Gasteiger partial charge < -0.3 is 10.4 Å². The van der Waals surface area contributed by atoms with E-state index in [-0.39, 0.29) is 18.6 Å². The summed E-state index contributed by atoms with van der Waals surface area (Å²) in [6.07, 6.45) is 7.80. The van der Waals surface area contributed by atoms with Crippen LogP contribution in [0, 0.1) is 17.8 Å². The highest BCUT2D eigenvalue weighted by molar-refractivity contribution is 5.92. The molecule has 21 heavy (non-hydrogen) atoms. The summed E-state index contributed by atoms with van der Waals surface area (Å²) in [6, 6.07) is 3.61. The molecule has 0 bridgehead atoms. The van der Waals surface area contributed by atoms with Crippen molar-refractivity contribution < 1.29 is 9.90 Å². The quantitative estimate of drug-likeness (QED) is 0.837. The molecule has 0 saturated heterocycles. The number of nitrogens with zero attached hydrogens (tertiary/aromatic N) is 1. The van der Waals surface area contributed by atoms with Crippen LogP contribution in [0.3, 0.4) is 0 Å². The van der Waals surface area contributed by atoms with Gasteiger partial charge in [0.2, 0.25) is 0 Å². The van der Waals surface area contributed by atoms with Gasteiger partial charge in [-0.05, 0) is 37.8 Å². The molecule has 2 rings (SSSR count). The van der Waals surface area contributed by atoms with Gasteiger partial charge in [0.1, 0.15) is 12.3 Å². The van der Waals surface area contributed by atoms with Gasteiger partial charge in [-0.3, -0.25) is 4.79 Å². The first kappa shape index (κ1) is 15.5. The Morgan fingerprint density at radius 2 is 2.19 bits per heavy atom. The normalized spacial score (nSPS) is 16.7. The lowest BCUT2D eigenvalue weighted by Crippen LogP contribution is -2.39. The maximum absolute atomic E-state index is 12.2. The number of rotatable bonds is 3. The van der Waals surface area contributed by atoms with Crippen LogP contribution in [0.1, 0.15) is 55.1 Å². The highest BCUT2D eigenvalue weighted by atomic mass is 16.2. The van der Waals surface area contributed by atoms with Crippen molar-refractivity contribution in [3.8, 4) is 11.8 Å². The van der Waals surface area contributed by atoms with Crippen molar-refractivity contribution in [1.82, 2.24) is 10.3 Å². The number of carbonyl (C=O) groups excluding carboxylic acids is 1. The second-order valence-corrected chi connectivity index (χ2v) is 5.55. The zero-order valence-electron chi connectivity index (χ0n) is 12.4. The maximum atomic E-state index is 12.2. The SMILES string of the molecule is CC(NC(=O)c1ccc(C#CCO)cn1)C1CCCCC1. The minimum absolute atomic E-state index is 0.130. The topological polar surface area (TPSA) is 62.2 Å². The fourth-order valence-corrected chi connectivity index (χ4v) is 2.78. The van der Waals surface area contributed by atoms with Crippen molar-refractivity contribution in [2.24, 2.45) is 5.92 Å². The number of nitrogens with one attached hydrogen (secondary N) is 1. The minimum Gasteiger partial charge on any atom is -0.384 e. The van der Waals surface area contributed by atoms with Gasteiger partial charge in [-0.15, -0.1) is 0 Å². The molecule has 1 saturated carbocycles. The van der Waals surface area contributed by atoms with Gasteiger partial charge in [0.25, 0.3) is 5.91 Å². The molecule has 1 amide bonds. The molecule has 0 aliphatic heterocycles. The van der Waals surface area contributed by atoms with Crippen LogP contribution in [0.5, 0.6) is 0 Å². The monoisotopic (exact) mass is 286 g/mol. The molecule has 112 valence electrons. The van der Waals surface area contributed by atoms with Crippen molar-refractivity contribution in [3.63, 3.8) is 0 Å². The van der Waals surface area contributed by atoms with Crippen LogP contribution < -0.4 is 5.32 Å². The third-order valence-corrected chi connectivity index (χ3v) is 4.02. The number of hydrogen-bond acceptors (Lipinski definition) is 3. The molecule has 1 heterocycles. The summed E-state index contributed by atoms with van der Waals surface area (Å²) in [5.74, 6) is 5.76. The molecule has 1 fully saturated rings. The fourth-order valence-electron chi connectivity index (χ4n) is 2.78. The third-order valence-electron chi connectivity index (χ3n) is 4.02. The molecular formula is C17H22N2O2. The first-order valence-corrected chi connectivity index (χ1v) is 7.57. The molecular weight excluding hydrogens is 264 g/mol. The van der Waals surface area contributed by atoms with Crippen LogP contribution in [0.2, 0.25) is 0 Å². The summed E-state index contributed by atoms with van der Waals surface area (Å²) in [5, 5.41) is 11.7. The molecule has 1 atom stereocenters. The average molecular weight is 286 g/mol. The van der Waals surface area contributed by atoms with Crippen LogP contribution in [0.15, 0.2) is 18.3 Å². The molecule has 2 N–H and O–H groups in total. The van der Waals surface area contributed by atoms with Crippen LogP contribution in [0.4, 0.5) is 0 Å². The van der Waals surface area contributed by atoms with Gasteiger partial charge in [0.15, 0.2) is 0 Å². The van der Waals surface area contributed by atoms with Crippen molar-refractivity contribution in [1.29, 1.82) is 0 Å². The van der Waals surface area contributed by atoms with E-state index in [2.05, 4.69) is 29.1 Å². The lowest BCUT2D eigenvalue weighted by molar-refractivity contribution is 0.0914. The van der Waals surface area contributed by atoms with Gasteiger partial charge in [-0.1, -0.05) is 31.1 Å². The predicted octanol–water partition coefficient (Wildman–Crippen LogP) is 2.12. The standard InChI is InChI=1S/C17H22N2O2/c1-13(15-7-3-2-4-8-15)19-17(21)16-10-9-14(12-18-16)6-5-11-20/h9-10,12-13,15,20H,2-4,7-8,11H2,1H3,(H,19,21). The van der Waals surface area contributed by atoms with Gasteiger partial charge in [0, 0.05) is 17.8 Å². The van der Waals surface area contributed by atoms with Crippen molar-refractivity contribution >= 4 is 5.91 Å². The maximum Gasteiger partial charge on any atom is 0.270 e. The van der Waals surface area contributed by atoms with Gasteiger partial charge in [-0.2, -0.15) is 0 Å². The molecule has 1 unspecified atom stereocenters. The van der Waals surface area contributed by atoms with E-state index in [4.69, 9.17) is 5.11 Å². The van der Waals surface area contributed by atoms with E-state index in [0.29, 0.717) is 17.2 Å². The van der Waals surface area contributed by atoms with E-state index in [1.807, 2.05) is 0 Å². The van der Waals surface area contributed by atoms with Crippen molar-refractivity contribution in [2.45, 2.75) is 45.1 Å².